The van der Waals surface area contributed by atoms with Gasteiger partial charge >= 0.3 is 6.18 Å². The molecule has 1 fully saturated rings. The molecule has 20 heavy (non-hydrogen) atoms. The molecule has 0 bridgehead atoms. The van der Waals surface area contributed by atoms with Crippen LogP contribution in [0.5, 0.6) is 0 Å². The number of nitriles is 1. The van der Waals surface area contributed by atoms with Crippen LogP contribution in [0.2, 0.25) is 0 Å². The molecule has 0 aliphatic heterocycles. The second-order valence-electron chi connectivity index (χ2n) is 5.00. The maximum absolute atomic E-state index is 12.0. The van der Waals surface area contributed by atoms with Crippen LogP contribution in [0.3, 0.4) is 0 Å². The van der Waals surface area contributed by atoms with Gasteiger partial charge in [0.25, 0.3) is 10.2 Å². The average molecular weight is 313 g/mol. The molecule has 116 valence electrons. The summed E-state index contributed by atoms with van der Waals surface area (Å²) in [5, 5.41) is 9.22. The van der Waals surface area contributed by atoms with E-state index in [0.717, 1.165) is 19.3 Å². The molecule has 0 aromatic heterocycles. The maximum atomic E-state index is 12.0. The van der Waals surface area contributed by atoms with Crippen molar-refractivity contribution in [2.45, 2.75) is 56.7 Å². The third kappa shape index (κ3) is 6.07. The molecule has 0 unspecified atom stereocenters. The Balaban J connectivity index is 2.72. The Hall–Kier alpha value is -0.850. The summed E-state index contributed by atoms with van der Waals surface area (Å²) in [5.74, 6) is 0. The number of alkyl halides is 3. The first-order valence-corrected chi connectivity index (χ1v) is 7.93. The first-order valence-electron chi connectivity index (χ1n) is 6.45. The molecule has 0 radical (unpaired) electrons. The van der Waals surface area contributed by atoms with Crippen molar-refractivity contribution in [1.29, 1.82) is 5.26 Å². The fraction of sp³-hybridized carbons (Fsp3) is 0.909. The van der Waals surface area contributed by atoms with Crippen LogP contribution in [0, 0.1) is 11.3 Å². The van der Waals surface area contributed by atoms with Gasteiger partial charge in [-0.3, -0.25) is 0 Å². The Labute approximate surface area is 116 Å². The van der Waals surface area contributed by atoms with E-state index in [1.54, 1.807) is 0 Å². The van der Waals surface area contributed by atoms with E-state index in [2.05, 4.69) is 4.72 Å². The van der Waals surface area contributed by atoms with Crippen molar-refractivity contribution in [2.75, 3.05) is 6.54 Å². The molecular weight excluding hydrogens is 295 g/mol. The predicted molar refractivity (Wildman–Crippen MR) is 66.8 cm³/mol. The van der Waals surface area contributed by atoms with Gasteiger partial charge in [0.2, 0.25) is 0 Å². The monoisotopic (exact) mass is 313 g/mol. The van der Waals surface area contributed by atoms with Gasteiger partial charge in [-0.25, -0.2) is 0 Å². The van der Waals surface area contributed by atoms with E-state index in [0.29, 0.717) is 25.7 Å². The van der Waals surface area contributed by atoms with Crippen LogP contribution >= 0.6 is 0 Å². The van der Waals surface area contributed by atoms with Crippen LogP contribution in [0.15, 0.2) is 0 Å². The van der Waals surface area contributed by atoms with E-state index < -0.39 is 28.5 Å². The minimum absolute atomic E-state index is 0.316. The third-order valence-electron chi connectivity index (χ3n) is 3.21. The lowest BCUT2D eigenvalue weighted by Crippen LogP contribution is -2.53. The quantitative estimate of drug-likeness (QED) is 0.832. The van der Waals surface area contributed by atoms with Crippen LogP contribution in [0.25, 0.3) is 0 Å². The Morgan fingerprint density at radius 3 is 2.05 bits per heavy atom. The number of hydrogen-bond donors (Lipinski definition) is 2. The zero-order valence-corrected chi connectivity index (χ0v) is 11.8. The highest BCUT2D eigenvalue weighted by molar-refractivity contribution is 7.87. The lowest BCUT2D eigenvalue weighted by Gasteiger charge is -2.29. The third-order valence-corrected chi connectivity index (χ3v) is 4.40. The summed E-state index contributed by atoms with van der Waals surface area (Å²) in [5.41, 5.74) is -1.31. The summed E-state index contributed by atoms with van der Waals surface area (Å²) >= 11 is 0. The summed E-state index contributed by atoms with van der Waals surface area (Å²) in [4.78, 5) is 0. The summed E-state index contributed by atoms with van der Waals surface area (Å²) < 4.78 is 62.9. The number of nitrogens with zero attached hydrogens (tertiary/aromatic N) is 1. The molecule has 1 aliphatic rings. The van der Waals surface area contributed by atoms with E-state index in [4.69, 9.17) is 0 Å². The summed E-state index contributed by atoms with van der Waals surface area (Å²) in [7, 11) is -4.36. The molecule has 2 N–H and O–H groups in total. The summed E-state index contributed by atoms with van der Waals surface area (Å²) in [6, 6.07) is 1.93. The van der Waals surface area contributed by atoms with Crippen LogP contribution in [0.4, 0.5) is 13.2 Å². The summed E-state index contributed by atoms with van der Waals surface area (Å²) in [6.45, 7) is -1.65. The second-order valence-corrected chi connectivity index (χ2v) is 6.50. The highest BCUT2D eigenvalue weighted by Crippen LogP contribution is 2.26. The van der Waals surface area contributed by atoms with Gasteiger partial charge < -0.3 is 0 Å². The molecule has 5 nitrogen and oxygen atoms in total. The number of nitrogens with one attached hydrogen (secondary N) is 2. The van der Waals surface area contributed by atoms with Crippen molar-refractivity contribution in [2.24, 2.45) is 0 Å². The second kappa shape index (κ2) is 6.74. The van der Waals surface area contributed by atoms with E-state index >= 15 is 0 Å². The number of rotatable bonds is 4. The van der Waals surface area contributed by atoms with Crippen molar-refractivity contribution in [1.82, 2.24) is 9.44 Å². The van der Waals surface area contributed by atoms with Crippen LogP contribution in [0.1, 0.15) is 44.9 Å². The van der Waals surface area contributed by atoms with Gasteiger partial charge in [-0.1, -0.05) is 32.1 Å². The molecule has 0 aromatic carbocycles. The topological polar surface area (TPSA) is 82.0 Å². The van der Waals surface area contributed by atoms with Crippen LogP contribution in [-0.4, -0.2) is 26.7 Å². The van der Waals surface area contributed by atoms with Crippen molar-refractivity contribution in [3.05, 3.63) is 0 Å². The minimum Gasteiger partial charge on any atom is -0.196 e. The van der Waals surface area contributed by atoms with Gasteiger partial charge in [0.05, 0.1) is 6.07 Å². The molecule has 9 heteroatoms. The van der Waals surface area contributed by atoms with E-state index in [-0.39, 0.29) is 0 Å². The average Bonchev–Trinajstić information content (AvgIpc) is 2.30. The lowest BCUT2D eigenvalue weighted by molar-refractivity contribution is -0.121. The largest absolute Gasteiger partial charge is 0.402 e. The SMILES string of the molecule is N#CC1(NS(=O)(=O)NCC(F)(F)F)CCCCCCC1. The molecule has 0 saturated heterocycles. The van der Waals surface area contributed by atoms with Gasteiger partial charge in [-0.05, 0) is 12.8 Å². The molecular formula is C11H18F3N3O2S. The summed E-state index contributed by atoms with van der Waals surface area (Å²) in [6.07, 6.45) is 0.163. The zero-order chi connectivity index (χ0) is 15.3. The van der Waals surface area contributed by atoms with E-state index in [9.17, 15) is 26.9 Å². The molecule has 0 aromatic rings. The zero-order valence-electron chi connectivity index (χ0n) is 11.0. The predicted octanol–water partition coefficient (Wildman–Crippen LogP) is 1.98. The molecule has 0 atom stereocenters. The Morgan fingerprint density at radius 1 is 1.10 bits per heavy atom. The van der Waals surface area contributed by atoms with E-state index in [1.807, 2.05) is 6.07 Å². The normalized spacial score (nSPS) is 20.7. The molecule has 1 saturated carbocycles. The van der Waals surface area contributed by atoms with Crippen molar-refractivity contribution in [3.63, 3.8) is 0 Å². The highest BCUT2D eigenvalue weighted by Gasteiger charge is 2.36. The molecule has 0 amide bonds. The fourth-order valence-corrected chi connectivity index (χ4v) is 3.41. The lowest BCUT2D eigenvalue weighted by atomic mass is 9.86. The molecule has 1 rings (SSSR count). The van der Waals surface area contributed by atoms with Crippen molar-refractivity contribution >= 4 is 10.2 Å². The molecule has 0 heterocycles. The minimum atomic E-state index is -4.63. The van der Waals surface area contributed by atoms with Crippen LogP contribution < -0.4 is 9.44 Å². The van der Waals surface area contributed by atoms with Crippen molar-refractivity contribution < 1.29 is 21.6 Å². The molecule has 1 aliphatic carbocycles. The number of halogens is 3. The van der Waals surface area contributed by atoms with Gasteiger partial charge in [0.1, 0.15) is 12.1 Å². The van der Waals surface area contributed by atoms with Gasteiger partial charge in [0, 0.05) is 0 Å². The Bertz CT molecular complexity index is 449. The first kappa shape index (κ1) is 17.2. The van der Waals surface area contributed by atoms with Crippen LogP contribution in [-0.2, 0) is 10.2 Å². The van der Waals surface area contributed by atoms with Gasteiger partial charge in [0.15, 0.2) is 0 Å². The highest BCUT2D eigenvalue weighted by atomic mass is 32.2. The first-order chi connectivity index (χ1) is 9.18. The Kier molecular flexibility index (Phi) is 5.79. The fourth-order valence-electron chi connectivity index (χ4n) is 2.22. The molecule has 0 spiro atoms. The number of hydrogen-bond acceptors (Lipinski definition) is 3. The Morgan fingerprint density at radius 2 is 1.60 bits per heavy atom. The smallest absolute Gasteiger partial charge is 0.196 e. The van der Waals surface area contributed by atoms with Crippen molar-refractivity contribution in [3.8, 4) is 6.07 Å². The van der Waals surface area contributed by atoms with Gasteiger partial charge in [-0.2, -0.15) is 36.3 Å². The van der Waals surface area contributed by atoms with E-state index in [1.165, 1.54) is 4.72 Å². The maximum Gasteiger partial charge on any atom is 0.402 e. The van der Waals surface area contributed by atoms with Gasteiger partial charge in [-0.15, -0.1) is 0 Å². The standard InChI is InChI=1S/C11H18F3N3O2S/c12-11(13,14)9-16-20(18,19)17-10(8-15)6-4-2-1-3-5-7-10/h16-17H,1-7,9H2.